The van der Waals surface area contributed by atoms with E-state index in [1.54, 1.807) is 19.2 Å². The van der Waals surface area contributed by atoms with Crippen molar-refractivity contribution < 1.29 is 14.3 Å². The lowest BCUT2D eigenvalue weighted by molar-refractivity contribution is 0.0974. The fourth-order valence-corrected chi connectivity index (χ4v) is 2.99. The third-order valence-corrected chi connectivity index (χ3v) is 3.90. The van der Waals surface area contributed by atoms with Gasteiger partial charge < -0.3 is 14.8 Å². The van der Waals surface area contributed by atoms with Crippen LogP contribution in [0.15, 0.2) is 40.9 Å². The van der Waals surface area contributed by atoms with Crippen molar-refractivity contribution in [1.82, 2.24) is 5.32 Å². The number of rotatable bonds is 4. The highest BCUT2D eigenvalue weighted by Crippen LogP contribution is 2.27. The van der Waals surface area contributed by atoms with Crippen molar-refractivity contribution in [3.8, 4) is 11.5 Å². The minimum atomic E-state index is -0.350. The van der Waals surface area contributed by atoms with Gasteiger partial charge in [0.1, 0.15) is 11.5 Å². The highest BCUT2D eigenvalue weighted by atomic mass is 79.9. The molecule has 0 fully saturated rings. The first kappa shape index (κ1) is 18.2. The average Bonchev–Trinajstić information content (AvgIpc) is 2.54. The zero-order valence-corrected chi connectivity index (χ0v) is 15.9. The van der Waals surface area contributed by atoms with Crippen LogP contribution in [0.2, 0.25) is 0 Å². The molecule has 0 aliphatic rings. The van der Waals surface area contributed by atoms with E-state index in [-0.39, 0.29) is 11.0 Å². The normalized spacial score (nSPS) is 10.0. The first-order chi connectivity index (χ1) is 11.4. The van der Waals surface area contributed by atoms with Gasteiger partial charge in [-0.05, 0) is 49.0 Å². The van der Waals surface area contributed by atoms with E-state index in [9.17, 15) is 4.79 Å². The molecule has 0 aliphatic carbocycles. The number of nitrogens with one attached hydrogen (secondary N) is 2. The number of amides is 1. The molecule has 126 valence electrons. The number of methoxy groups -OCH3 is 2. The Balaban J connectivity index is 2.13. The SMILES string of the molecule is COc1cccc(NC(=S)NC(=O)c2cc(Br)cc(C)c2OC)c1. The molecule has 0 saturated heterocycles. The van der Waals surface area contributed by atoms with Crippen LogP contribution in [0.5, 0.6) is 11.5 Å². The van der Waals surface area contributed by atoms with Crippen LogP contribution in [-0.4, -0.2) is 25.2 Å². The molecule has 0 unspecified atom stereocenters. The van der Waals surface area contributed by atoms with Crippen LogP contribution in [-0.2, 0) is 0 Å². The van der Waals surface area contributed by atoms with E-state index < -0.39 is 0 Å². The van der Waals surface area contributed by atoms with E-state index in [0.29, 0.717) is 17.1 Å². The molecular weight excluding hydrogens is 392 g/mol. The number of ether oxygens (including phenoxy) is 2. The highest BCUT2D eigenvalue weighted by Gasteiger charge is 2.16. The Bertz CT molecular complexity index is 780. The van der Waals surface area contributed by atoms with Gasteiger partial charge in [0, 0.05) is 16.2 Å². The van der Waals surface area contributed by atoms with Gasteiger partial charge >= 0.3 is 0 Å². The van der Waals surface area contributed by atoms with Crippen molar-refractivity contribution in [3.63, 3.8) is 0 Å². The molecule has 5 nitrogen and oxygen atoms in total. The van der Waals surface area contributed by atoms with Crippen molar-refractivity contribution >= 4 is 44.9 Å². The van der Waals surface area contributed by atoms with E-state index in [0.717, 1.165) is 15.7 Å². The second-order valence-electron chi connectivity index (χ2n) is 4.94. The molecule has 0 bridgehead atoms. The van der Waals surface area contributed by atoms with E-state index in [4.69, 9.17) is 21.7 Å². The van der Waals surface area contributed by atoms with Gasteiger partial charge in [-0.3, -0.25) is 10.1 Å². The lowest BCUT2D eigenvalue weighted by Crippen LogP contribution is -2.34. The maximum absolute atomic E-state index is 12.5. The maximum atomic E-state index is 12.5. The largest absolute Gasteiger partial charge is 0.497 e. The van der Waals surface area contributed by atoms with Crippen molar-refractivity contribution in [3.05, 3.63) is 52.0 Å². The summed E-state index contributed by atoms with van der Waals surface area (Å²) in [4.78, 5) is 12.5. The van der Waals surface area contributed by atoms with Gasteiger partial charge in [-0.25, -0.2) is 0 Å². The van der Waals surface area contributed by atoms with Crippen LogP contribution in [0.25, 0.3) is 0 Å². The van der Waals surface area contributed by atoms with Crippen LogP contribution in [0.4, 0.5) is 5.69 Å². The standard InChI is InChI=1S/C17H17BrN2O3S/c1-10-7-11(18)8-14(15(10)23-3)16(21)20-17(24)19-12-5-4-6-13(9-12)22-2/h4-9H,1-3H3,(H2,19,20,21,24). The fraction of sp³-hybridized carbons (Fsp3) is 0.176. The van der Waals surface area contributed by atoms with E-state index in [2.05, 4.69) is 26.6 Å². The molecule has 0 spiro atoms. The van der Waals surface area contributed by atoms with Gasteiger partial charge in [-0.1, -0.05) is 22.0 Å². The van der Waals surface area contributed by atoms with Crippen LogP contribution < -0.4 is 20.1 Å². The summed E-state index contributed by atoms with van der Waals surface area (Å²) in [7, 11) is 3.11. The second kappa shape index (κ2) is 8.12. The van der Waals surface area contributed by atoms with Crippen LogP contribution in [0.3, 0.4) is 0 Å². The Labute approximate surface area is 154 Å². The molecule has 2 rings (SSSR count). The zero-order chi connectivity index (χ0) is 17.7. The van der Waals surface area contributed by atoms with Crippen molar-refractivity contribution in [1.29, 1.82) is 0 Å². The fourth-order valence-electron chi connectivity index (χ4n) is 2.20. The molecule has 7 heteroatoms. The molecule has 1 amide bonds. The van der Waals surface area contributed by atoms with Crippen LogP contribution >= 0.6 is 28.1 Å². The van der Waals surface area contributed by atoms with Gasteiger partial charge in [-0.15, -0.1) is 0 Å². The summed E-state index contributed by atoms with van der Waals surface area (Å²) in [5.41, 5.74) is 1.97. The summed E-state index contributed by atoms with van der Waals surface area (Å²) in [5.74, 6) is 0.856. The van der Waals surface area contributed by atoms with Crippen molar-refractivity contribution in [2.24, 2.45) is 0 Å². The Morgan fingerprint density at radius 1 is 1.17 bits per heavy atom. The Morgan fingerprint density at radius 2 is 1.92 bits per heavy atom. The number of thiocarbonyl (C=S) groups is 1. The first-order valence-corrected chi connectivity index (χ1v) is 8.25. The molecule has 0 atom stereocenters. The van der Waals surface area contributed by atoms with Gasteiger partial charge in [0.15, 0.2) is 5.11 Å². The predicted molar refractivity (Wildman–Crippen MR) is 102 cm³/mol. The number of benzene rings is 2. The quantitative estimate of drug-likeness (QED) is 0.751. The lowest BCUT2D eigenvalue weighted by Gasteiger charge is -2.14. The number of carbonyl (C=O) groups is 1. The summed E-state index contributed by atoms with van der Waals surface area (Å²) in [6.07, 6.45) is 0. The Hall–Kier alpha value is -2.12. The summed E-state index contributed by atoms with van der Waals surface area (Å²) < 4.78 is 11.3. The van der Waals surface area contributed by atoms with Crippen LogP contribution in [0.1, 0.15) is 15.9 Å². The Morgan fingerprint density at radius 3 is 2.58 bits per heavy atom. The molecule has 24 heavy (non-hydrogen) atoms. The molecule has 0 aromatic heterocycles. The summed E-state index contributed by atoms with van der Waals surface area (Å²) >= 11 is 8.58. The smallest absolute Gasteiger partial charge is 0.261 e. The molecular formula is C17H17BrN2O3S. The molecule has 0 saturated carbocycles. The number of halogens is 1. The van der Waals surface area contributed by atoms with Crippen molar-refractivity contribution in [2.45, 2.75) is 6.92 Å². The van der Waals surface area contributed by atoms with Gasteiger partial charge in [0.05, 0.1) is 19.8 Å². The zero-order valence-electron chi connectivity index (χ0n) is 13.5. The predicted octanol–water partition coefficient (Wildman–Crippen LogP) is 3.90. The molecule has 0 aliphatic heterocycles. The van der Waals surface area contributed by atoms with Gasteiger partial charge in [0.2, 0.25) is 0 Å². The minimum Gasteiger partial charge on any atom is -0.497 e. The topological polar surface area (TPSA) is 59.6 Å². The van der Waals surface area contributed by atoms with Crippen molar-refractivity contribution in [2.75, 3.05) is 19.5 Å². The molecule has 0 heterocycles. The molecule has 2 aromatic rings. The van der Waals surface area contributed by atoms with Gasteiger partial charge in [0.25, 0.3) is 5.91 Å². The number of aryl methyl sites for hydroxylation is 1. The lowest BCUT2D eigenvalue weighted by atomic mass is 10.1. The van der Waals surface area contributed by atoms with E-state index in [1.165, 1.54) is 7.11 Å². The Kier molecular flexibility index (Phi) is 6.16. The highest BCUT2D eigenvalue weighted by molar-refractivity contribution is 9.10. The molecule has 0 radical (unpaired) electrons. The number of carbonyl (C=O) groups excluding carboxylic acids is 1. The van der Waals surface area contributed by atoms with E-state index in [1.807, 2.05) is 31.2 Å². The second-order valence-corrected chi connectivity index (χ2v) is 6.27. The third-order valence-electron chi connectivity index (χ3n) is 3.24. The van der Waals surface area contributed by atoms with Crippen LogP contribution in [0, 0.1) is 6.92 Å². The van der Waals surface area contributed by atoms with Gasteiger partial charge in [-0.2, -0.15) is 0 Å². The first-order valence-electron chi connectivity index (χ1n) is 7.05. The molecule has 2 aromatic carbocycles. The summed E-state index contributed by atoms with van der Waals surface area (Å²) in [6, 6.07) is 10.8. The number of hydrogen-bond donors (Lipinski definition) is 2. The maximum Gasteiger partial charge on any atom is 0.261 e. The molecule has 2 N–H and O–H groups in total. The number of anilines is 1. The average molecular weight is 409 g/mol. The van der Waals surface area contributed by atoms with E-state index >= 15 is 0 Å². The monoisotopic (exact) mass is 408 g/mol. The summed E-state index contributed by atoms with van der Waals surface area (Å²) in [5, 5.41) is 5.79. The third kappa shape index (κ3) is 4.46. The number of hydrogen-bond acceptors (Lipinski definition) is 4. The minimum absolute atomic E-state index is 0.188. The summed E-state index contributed by atoms with van der Waals surface area (Å²) in [6.45, 7) is 1.87.